The first-order chi connectivity index (χ1) is 15.4. The van der Waals surface area contributed by atoms with E-state index in [9.17, 15) is 10.1 Å². The summed E-state index contributed by atoms with van der Waals surface area (Å²) < 4.78 is 11.5. The van der Waals surface area contributed by atoms with E-state index in [1.165, 1.54) is 4.90 Å². The second kappa shape index (κ2) is 9.21. The molecule has 2 aliphatic carbocycles. The number of ether oxygens (including phenoxy) is 2. The van der Waals surface area contributed by atoms with Gasteiger partial charge in [-0.25, -0.2) is 0 Å². The highest BCUT2D eigenvalue weighted by Gasteiger charge is 2.54. The fourth-order valence-corrected chi connectivity index (χ4v) is 6.32. The number of hydrogen-bond donors (Lipinski definition) is 2. The van der Waals surface area contributed by atoms with Gasteiger partial charge < -0.3 is 15.2 Å². The monoisotopic (exact) mass is 438 g/mol. The zero-order valence-electron chi connectivity index (χ0n) is 19.1. The summed E-state index contributed by atoms with van der Waals surface area (Å²) >= 11 is 0. The van der Waals surface area contributed by atoms with Crippen LogP contribution < -0.4 is 5.73 Å². The van der Waals surface area contributed by atoms with Crippen LogP contribution in [0.3, 0.4) is 0 Å². The van der Waals surface area contributed by atoms with Gasteiger partial charge in [0.1, 0.15) is 0 Å². The third kappa shape index (κ3) is 4.02. The molecular formula is C25H34N4O3. The van der Waals surface area contributed by atoms with Gasteiger partial charge in [-0.05, 0) is 73.1 Å². The molecule has 1 aliphatic heterocycles. The molecule has 1 saturated heterocycles. The number of nitriles is 1. The average Bonchev–Trinajstić information content (AvgIpc) is 3.41. The van der Waals surface area contributed by atoms with E-state index >= 15 is 0 Å². The van der Waals surface area contributed by atoms with Gasteiger partial charge >= 0.3 is 0 Å². The molecule has 3 N–H and O–H groups in total. The van der Waals surface area contributed by atoms with Crippen molar-refractivity contribution in [2.45, 2.75) is 70.0 Å². The molecule has 1 saturated carbocycles. The van der Waals surface area contributed by atoms with E-state index < -0.39 is 5.92 Å². The summed E-state index contributed by atoms with van der Waals surface area (Å²) in [5, 5.41) is 17.7. The van der Waals surface area contributed by atoms with Crippen LogP contribution in [0.2, 0.25) is 0 Å². The maximum absolute atomic E-state index is 14.1. The van der Waals surface area contributed by atoms with E-state index in [0.717, 1.165) is 56.1 Å². The van der Waals surface area contributed by atoms with Gasteiger partial charge in [-0.3, -0.25) is 15.1 Å². The van der Waals surface area contributed by atoms with Crippen molar-refractivity contribution < 1.29 is 14.3 Å². The van der Waals surface area contributed by atoms with Gasteiger partial charge in [-0.1, -0.05) is 19.4 Å². The maximum Gasteiger partial charge on any atom is 0.237 e. The Hall–Kier alpha value is -2.43. The zero-order valence-corrected chi connectivity index (χ0v) is 19.1. The number of nitrogens with one attached hydrogen (secondary N) is 1. The Morgan fingerprint density at radius 3 is 2.88 bits per heavy atom. The van der Waals surface area contributed by atoms with E-state index in [1.807, 2.05) is 18.2 Å². The molecule has 172 valence electrons. The topological polar surface area (TPSA) is 112 Å². The maximum atomic E-state index is 14.1. The molecule has 1 amide bonds. The smallest absolute Gasteiger partial charge is 0.237 e. The minimum atomic E-state index is -0.414. The second-order valence-corrected chi connectivity index (χ2v) is 9.65. The number of carbonyl (C=O) groups excluding carboxylic acids is 1. The number of guanidine groups is 1. The SMILES string of the molecule is CCC1C[C@@]2(CC[C@@H]1OC)Cc1ccc(C#N)cc1[C@H]2C(=O)N(C[C@H]1CCCO1)C(=N)N. The molecular weight excluding hydrogens is 404 g/mol. The van der Waals surface area contributed by atoms with Crippen LogP contribution in [0.5, 0.6) is 0 Å². The molecule has 5 atom stereocenters. The number of methoxy groups -OCH3 is 1. The van der Waals surface area contributed by atoms with Crippen LogP contribution in [0.4, 0.5) is 0 Å². The van der Waals surface area contributed by atoms with E-state index in [0.29, 0.717) is 24.6 Å². The van der Waals surface area contributed by atoms with Crippen molar-refractivity contribution in [1.82, 2.24) is 4.90 Å². The molecule has 0 radical (unpaired) electrons. The fourth-order valence-electron chi connectivity index (χ4n) is 6.32. The minimum absolute atomic E-state index is 0.0854. The molecule has 1 unspecified atom stereocenters. The number of fused-ring (bicyclic) bond motifs is 1. The number of nitrogens with zero attached hydrogens (tertiary/aromatic N) is 2. The first-order valence-corrected chi connectivity index (χ1v) is 11.7. The summed E-state index contributed by atoms with van der Waals surface area (Å²) in [6, 6.07) is 7.94. The van der Waals surface area contributed by atoms with E-state index in [-0.39, 0.29) is 29.5 Å². The van der Waals surface area contributed by atoms with Crippen LogP contribution >= 0.6 is 0 Å². The van der Waals surface area contributed by atoms with Gasteiger partial charge in [0.2, 0.25) is 5.91 Å². The van der Waals surface area contributed by atoms with Crippen molar-refractivity contribution in [3.05, 3.63) is 34.9 Å². The van der Waals surface area contributed by atoms with Crippen LogP contribution in [0, 0.1) is 28.1 Å². The van der Waals surface area contributed by atoms with Crippen molar-refractivity contribution in [1.29, 1.82) is 10.7 Å². The normalized spacial score (nSPS) is 31.3. The summed E-state index contributed by atoms with van der Waals surface area (Å²) in [6.07, 6.45) is 6.42. The Balaban J connectivity index is 1.73. The van der Waals surface area contributed by atoms with Crippen LogP contribution in [0.25, 0.3) is 0 Å². The van der Waals surface area contributed by atoms with Crippen LogP contribution in [-0.2, 0) is 20.7 Å². The van der Waals surface area contributed by atoms with Crippen molar-refractivity contribution >= 4 is 11.9 Å². The van der Waals surface area contributed by atoms with Gasteiger partial charge in [0.15, 0.2) is 5.96 Å². The molecule has 4 rings (SSSR count). The Morgan fingerprint density at radius 2 is 2.25 bits per heavy atom. The Bertz CT molecular complexity index is 920. The largest absolute Gasteiger partial charge is 0.381 e. The fraction of sp³-hybridized carbons (Fsp3) is 0.640. The Kier molecular flexibility index (Phi) is 6.55. The molecule has 7 nitrogen and oxygen atoms in total. The summed E-state index contributed by atoms with van der Waals surface area (Å²) in [7, 11) is 1.77. The summed E-state index contributed by atoms with van der Waals surface area (Å²) in [6.45, 7) is 3.18. The lowest BCUT2D eigenvalue weighted by molar-refractivity contribution is -0.135. The van der Waals surface area contributed by atoms with Crippen molar-refractivity contribution in [3.63, 3.8) is 0 Å². The second-order valence-electron chi connectivity index (χ2n) is 9.65. The van der Waals surface area contributed by atoms with Gasteiger partial charge in [-0.15, -0.1) is 0 Å². The standard InChI is InChI=1S/C25H34N4O3/c1-3-17-12-25(9-8-21(17)31-2)13-18-7-6-16(14-26)11-20(18)22(25)23(30)29(24(27)28)15-19-5-4-10-32-19/h6-7,11,17,19,21-22H,3-5,8-10,12-13,15H2,1-2H3,(H3,27,28)/t17?,19-,21+,22+,25+/m1/s1. The summed E-state index contributed by atoms with van der Waals surface area (Å²) in [5.74, 6) is -0.406. The average molecular weight is 439 g/mol. The lowest BCUT2D eigenvalue weighted by atomic mass is 9.61. The predicted octanol–water partition coefficient (Wildman–Crippen LogP) is 3.31. The molecule has 1 aromatic rings. The molecule has 0 aromatic heterocycles. The number of rotatable bonds is 5. The Labute approximate surface area is 190 Å². The zero-order chi connectivity index (χ0) is 22.9. The van der Waals surface area contributed by atoms with E-state index in [2.05, 4.69) is 13.0 Å². The Morgan fingerprint density at radius 1 is 1.44 bits per heavy atom. The lowest BCUT2D eigenvalue weighted by Crippen LogP contribution is -2.51. The lowest BCUT2D eigenvalue weighted by Gasteiger charge is -2.46. The third-order valence-electron chi connectivity index (χ3n) is 7.90. The van der Waals surface area contributed by atoms with Gasteiger partial charge in [0.25, 0.3) is 0 Å². The number of benzene rings is 1. The van der Waals surface area contributed by atoms with Crippen LogP contribution in [0.1, 0.15) is 68.1 Å². The van der Waals surface area contributed by atoms with Gasteiger partial charge in [-0.2, -0.15) is 5.26 Å². The highest BCUT2D eigenvalue weighted by atomic mass is 16.5. The molecule has 0 bridgehead atoms. The number of nitrogens with two attached hydrogens (primary N) is 1. The van der Waals surface area contributed by atoms with Crippen molar-refractivity contribution in [2.75, 3.05) is 20.3 Å². The first kappa shape index (κ1) is 22.8. The van der Waals surface area contributed by atoms with E-state index in [1.54, 1.807) is 7.11 Å². The highest BCUT2D eigenvalue weighted by Crippen LogP contribution is 2.58. The highest BCUT2D eigenvalue weighted by molar-refractivity contribution is 5.99. The van der Waals surface area contributed by atoms with Crippen molar-refractivity contribution in [3.8, 4) is 6.07 Å². The van der Waals surface area contributed by atoms with Gasteiger partial charge in [0.05, 0.1) is 36.3 Å². The quantitative estimate of drug-likeness (QED) is 0.541. The predicted molar refractivity (Wildman–Crippen MR) is 121 cm³/mol. The third-order valence-corrected chi connectivity index (χ3v) is 7.90. The molecule has 2 fully saturated rings. The van der Waals surface area contributed by atoms with Crippen LogP contribution in [0.15, 0.2) is 18.2 Å². The number of hydrogen-bond acceptors (Lipinski definition) is 5. The summed E-state index contributed by atoms with van der Waals surface area (Å²) in [5.41, 5.74) is 8.31. The molecule has 1 heterocycles. The molecule has 3 aliphatic rings. The molecule has 7 heteroatoms. The molecule has 1 aromatic carbocycles. The minimum Gasteiger partial charge on any atom is -0.381 e. The molecule has 1 spiro atoms. The van der Waals surface area contributed by atoms with Gasteiger partial charge in [0, 0.05) is 13.7 Å². The summed E-state index contributed by atoms with van der Waals surface area (Å²) in [4.78, 5) is 15.5. The number of carbonyl (C=O) groups is 1. The molecule has 32 heavy (non-hydrogen) atoms. The first-order valence-electron chi connectivity index (χ1n) is 11.7. The van der Waals surface area contributed by atoms with Crippen LogP contribution in [-0.4, -0.2) is 49.2 Å². The van der Waals surface area contributed by atoms with E-state index in [4.69, 9.17) is 20.6 Å². The number of amides is 1. The van der Waals surface area contributed by atoms with Crippen molar-refractivity contribution in [2.24, 2.45) is 17.1 Å².